The monoisotopic (exact) mass is 319 g/mol. The first-order valence-corrected chi connectivity index (χ1v) is 8.52. The van der Waals surface area contributed by atoms with Gasteiger partial charge in [-0.15, -0.1) is 0 Å². The van der Waals surface area contributed by atoms with Crippen LogP contribution in [0.2, 0.25) is 0 Å². The molecule has 1 saturated carbocycles. The summed E-state index contributed by atoms with van der Waals surface area (Å²) in [6, 6.07) is 0. The Balaban J connectivity index is 2.13. The second-order valence-electron chi connectivity index (χ2n) is 5.65. The van der Waals surface area contributed by atoms with Crippen LogP contribution in [-0.2, 0) is 0 Å². The summed E-state index contributed by atoms with van der Waals surface area (Å²) in [6.45, 7) is 3.74. The number of aliphatic hydroxyl groups is 1. The zero-order valence-electron chi connectivity index (χ0n) is 12.8. The van der Waals surface area contributed by atoms with Crippen molar-refractivity contribution in [3.05, 3.63) is 58.2 Å². The molecule has 1 heterocycles. The van der Waals surface area contributed by atoms with Crippen LogP contribution in [-0.4, -0.2) is 11.2 Å². The number of rotatable bonds is 5. The third-order valence-electron chi connectivity index (χ3n) is 4.22. The molecule has 1 aliphatic heterocycles. The summed E-state index contributed by atoms with van der Waals surface area (Å²) in [7, 11) is 0. The molecule has 120 valence electrons. The second kappa shape index (κ2) is 8.27. The molecule has 0 unspecified atom stereocenters. The molecular weight excluding hydrogens is 294 g/mol. The first-order chi connectivity index (χ1) is 10.7. The Hall–Kier alpha value is -1.43. The van der Waals surface area contributed by atoms with Gasteiger partial charge in [-0.05, 0) is 49.3 Å². The van der Waals surface area contributed by atoms with Gasteiger partial charge in [0.25, 0.3) is 0 Å². The van der Waals surface area contributed by atoms with Crippen LogP contribution >= 0.6 is 11.8 Å². The van der Waals surface area contributed by atoms with Gasteiger partial charge < -0.3 is 16.3 Å². The molecule has 2 aliphatic rings. The van der Waals surface area contributed by atoms with E-state index in [1.165, 1.54) is 16.7 Å². The van der Waals surface area contributed by atoms with Crippen LogP contribution in [0.25, 0.3) is 0 Å². The normalized spacial score (nSPS) is 28.6. The van der Waals surface area contributed by atoms with Crippen molar-refractivity contribution >= 4 is 11.8 Å². The number of aliphatic hydroxyl groups excluding tert-OH is 1. The van der Waals surface area contributed by atoms with E-state index in [-0.39, 0.29) is 6.10 Å². The molecule has 0 radical (unpaired) electrons. The molecule has 22 heavy (non-hydrogen) atoms. The molecule has 0 saturated heterocycles. The van der Waals surface area contributed by atoms with Gasteiger partial charge in [0.15, 0.2) is 0 Å². The van der Waals surface area contributed by atoms with E-state index in [9.17, 15) is 5.11 Å². The Morgan fingerprint density at radius 1 is 1.36 bits per heavy atom. The van der Waals surface area contributed by atoms with Crippen molar-refractivity contribution in [2.45, 2.75) is 38.2 Å². The highest BCUT2D eigenvalue weighted by atomic mass is 32.2. The van der Waals surface area contributed by atoms with Gasteiger partial charge in [-0.2, -0.15) is 0 Å². The van der Waals surface area contributed by atoms with E-state index in [0.29, 0.717) is 5.92 Å². The van der Waals surface area contributed by atoms with E-state index in [1.54, 1.807) is 17.8 Å². The number of nitrogens with two attached hydrogens (primary N) is 2. The van der Waals surface area contributed by atoms with Gasteiger partial charge in [-0.1, -0.05) is 36.1 Å². The highest BCUT2D eigenvalue weighted by Crippen LogP contribution is 2.43. The van der Waals surface area contributed by atoms with E-state index < -0.39 is 0 Å². The molecule has 1 fully saturated rings. The summed E-state index contributed by atoms with van der Waals surface area (Å²) in [6.07, 6.45) is 11.7. The van der Waals surface area contributed by atoms with E-state index in [1.807, 2.05) is 12.2 Å². The number of nitrogens with one attached hydrogen (secondary N) is 1. The van der Waals surface area contributed by atoms with Crippen LogP contribution < -0.4 is 17.0 Å². The number of allylic oxidation sites excluding steroid dienone is 5. The van der Waals surface area contributed by atoms with Gasteiger partial charge >= 0.3 is 0 Å². The van der Waals surface area contributed by atoms with Crippen molar-refractivity contribution < 1.29 is 5.11 Å². The van der Waals surface area contributed by atoms with Crippen molar-refractivity contribution in [2.24, 2.45) is 17.5 Å². The highest BCUT2D eigenvalue weighted by molar-refractivity contribution is 8.06. The summed E-state index contributed by atoms with van der Waals surface area (Å²) in [5, 5.41) is 11.9. The first kappa shape index (κ1) is 16.9. The minimum absolute atomic E-state index is 0.112. The van der Waals surface area contributed by atoms with Gasteiger partial charge in [-0.3, -0.25) is 5.84 Å². The summed E-state index contributed by atoms with van der Waals surface area (Å²) in [5.74, 6) is 6.32. The lowest BCUT2D eigenvalue weighted by atomic mass is 9.82. The summed E-state index contributed by atoms with van der Waals surface area (Å²) >= 11 is 1.72. The third-order valence-corrected chi connectivity index (χ3v) is 5.28. The highest BCUT2D eigenvalue weighted by Gasteiger charge is 2.26. The Labute approximate surface area is 136 Å². The fourth-order valence-electron chi connectivity index (χ4n) is 3.03. The lowest BCUT2D eigenvalue weighted by Crippen LogP contribution is -2.23. The number of hydrogen-bond acceptors (Lipinski definition) is 5. The van der Waals surface area contributed by atoms with Gasteiger partial charge in [0, 0.05) is 16.9 Å². The average Bonchev–Trinajstić information content (AvgIpc) is 2.99. The van der Waals surface area contributed by atoms with Crippen molar-refractivity contribution in [3.8, 4) is 0 Å². The largest absolute Gasteiger partial charge is 0.405 e. The maximum absolute atomic E-state index is 9.64. The second-order valence-corrected chi connectivity index (χ2v) is 6.62. The van der Waals surface area contributed by atoms with Crippen LogP contribution in [0.1, 0.15) is 32.1 Å². The van der Waals surface area contributed by atoms with Crippen molar-refractivity contribution in [1.82, 2.24) is 5.43 Å². The fraction of sp³-hybridized carbons (Fsp3) is 0.412. The summed E-state index contributed by atoms with van der Waals surface area (Å²) in [4.78, 5) is 1.20. The van der Waals surface area contributed by atoms with Gasteiger partial charge in [0.05, 0.1) is 11.8 Å². The zero-order chi connectivity index (χ0) is 15.9. The molecule has 0 bridgehead atoms. The van der Waals surface area contributed by atoms with Crippen LogP contribution in [0.3, 0.4) is 0 Å². The lowest BCUT2D eigenvalue weighted by Gasteiger charge is -2.26. The molecule has 0 amide bonds. The molecule has 0 spiro atoms. The molecule has 0 atom stereocenters. The predicted molar refractivity (Wildman–Crippen MR) is 94.2 cm³/mol. The quantitative estimate of drug-likeness (QED) is 0.356. The maximum atomic E-state index is 9.64. The van der Waals surface area contributed by atoms with Gasteiger partial charge in [0.2, 0.25) is 0 Å². The topological polar surface area (TPSA) is 84.3 Å². The minimum atomic E-state index is -0.112. The van der Waals surface area contributed by atoms with Crippen LogP contribution in [0.4, 0.5) is 0 Å². The van der Waals surface area contributed by atoms with Crippen molar-refractivity contribution in [3.63, 3.8) is 0 Å². The molecular formula is C17H25N3OS. The first-order valence-electron chi connectivity index (χ1n) is 7.64. The third kappa shape index (κ3) is 4.06. The average molecular weight is 319 g/mol. The summed E-state index contributed by atoms with van der Waals surface area (Å²) < 4.78 is 0. The van der Waals surface area contributed by atoms with E-state index in [2.05, 4.69) is 17.4 Å². The molecule has 1 aliphatic carbocycles. The number of hydrazine groups is 1. The fourth-order valence-corrected chi connectivity index (χ4v) is 4.14. The molecule has 4 nitrogen and oxygen atoms in total. The Kier molecular flexibility index (Phi) is 6.36. The number of hydrogen-bond donors (Lipinski definition) is 4. The minimum Gasteiger partial charge on any atom is -0.405 e. The zero-order valence-corrected chi connectivity index (χ0v) is 13.6. The van der Waals surface area contributed by atoms with Crippen LogP contribution in [0, 0.1) is 5.92 Å². The van der Waals surface area contributed by atoms with Crippen molar-refractivity contribution in [2.75, 3.05) is 0 Å². The molecule has 2 rings (SSSR count). The molecule has 0 aromatic rings. The maximum Gasteiger partial charge on any atom is 0.0660 e. The summed E-state index contributed by atoms with van der Waals surface area (Å²) in [5.41, 5.74) is 11.6. The number of thioether (sulfide) groups is 1. The van der Waals surface area contributed by atoms with Gasteiger partial charge in [-0.25, -0.2) is 0 Å². The van der Waals surface area contributed by atoms with E-state index >= 15 is 0 Å². The van der Waals surface area contributed by atoms with Gasteiger partial charge in [0.1, 0.15) is 0 Å². The predicted octanol–water partition coefficient (Wildman–Crippen LogP) is 2.82. The molecule has 0 aromatic carbocycles. The van der Waals surface area contributed by atoms with Crippen LogP contribution in [0.15, 0.2) is 58.2 Å². The molecule has 6 N–H and O–H groups in total. The Bertz CT molecular complexity index is 526. The smallest absolute Gasteiger partial charge is 0.0660 e. The molecule has 5 heteroatoms. The standard InChI is InChI=1S/C17H25N3OS/c1-2-3-13(8-9-18)17(20-19)16-10-14(11-22-16)12-4-6-15(21)7-5-12/h2-3,8-9,11-12,15,20-21H,1,4-7,10,18-19H2/b9-8-,13-3+,17-16+. The van der Waals surface area contributed by atoms with Crippen molar-refractivity contribution in [1.29, 1.82) is 0 Å². The lowest BCUT2D eigenvalue weighted by molar-refractivity contribution is 0.115. The Morgan fingerprint density at radius 2 is 2.09 bits per heavy atom. The van der Waals surface area contributed by atoms with E-state index in [0.717, 1.165) is 43.4 Å². The SMILES string of the molecule is C=C/C=C(\C=C/N)C(/NN)=C1/CC(C2CCC(O)CC2)=CS1. The Morgan fingerprint density at radius 3 is 2.68 bits per heavy atom. The van der Waals surface area contributed by atoms with E-state index in [4.69, 9.17) is 11.6 Å². The molecule has 0 aromatic heterocycles. The van der Waals surface area contributed by atoms with Crippen LogP contribution in [0.5, 0.6) is 0 Å².